The van der Waals surface area contributed by atoms with E-state index in [9.17, 15) is 8.76 Å². The lowest BCUT2D eigenvalue weighted by Gasteiger charge is -2.25. The minimum Gasteiger partial charge on any atom is -0.755 e. The third-order valence-corrected chi connectivity index (χ3v) is 4.70. The highest BCUT2D eigenvalue weighted by Crippen LogP contribution is 2.42. The molecule has 0 spiro atoms. The van der Waals surface area contributed by atoms with Gasteiger partial charge in [-0.3, -0.25) is 4.21 Å². The Bertz CT molecular complexity index is 790. The van der Waals surface area contributed by atoms with Crippen molar-refractivity contribution in [2.24, 2.45) is 0 Å². The summed E-state index contributed by atoms with van der Waals surface area (Å²) >= 11 is 2.84. The van der Waals surface area contributed by atoms with E-state index in [1.807, 2.05) is 43.3 Å². The Morgan fingerprint density at radius 2 is 1.92 bits per heavy atom. The molecule has 132 valence electrons. The largest absolute Gasteiger partial charge is 0.755 e. The summed E-state index contributed by atoms with van der Waals surface area (Å²) in [6.07, 6.45) is 2.20. The molecule has 1 N–H and O–H groups in total. The molecule has 1 fully saturated rings. The Morgan fingerprint density at radius 3 is 2.52 bits per heavy atom. The van der Waals surface area contributed by atoms with Crippen molar-refractivity contribution in [1.82, 2.24) is 0 Å². The van der Waals surface area contributed by atoms with Crippen LogP contribution in [0.1, 0.15) is 25.3 Å². The highest BCUT2D eigenvalue weighted by molar-refractivity contribution is 7.81. The quantitative estimate of drug-likeness (QED) is 0.469. The van der Waals surface area contributed by atoms with Crippen molar-refractivity contribution in [1.29, 1.82) is 0 Å². The van der Waals surface area contributed by atoms with Crippen molar-refractivity contribution in [2.75, 3.05) is 22.7 Å². The maximum absolute atomic E-state index is 11.3. The molecule has 2 aromatic carbocycles. The van der Waals surface area contributed by atoms with Crippen molar-refractivity contribution >= 4 is 39.7 Å². The summed E-state index contributed by atoms with van der Waals surface area (Å²) in [6.45, 7) is 3.64. The zero-order valence-corrected chi connectivity index (χ0v) is 15.5. The number of ether oxygens (including phenoxy) is 1. The van der Waals surface area contributed by atoms with Gasteiger partial charge in [-0.2, -0.15) is 0 Å². The van der Waals surface area contributed by atoms with Crippen molar-refractivity contribution in [3.8, 4) is 11.5 Å². The molecule has 1 heterocycles. The van der Waals surface area contributed by atoms with Crippen LogP contribution in [0.4, 0.5) is 11.4 Å². The van der Waals surface area contributed by atoms with Crippen molar-refractivity contribution in [2.45, 2.75) is 19.8 Å². The number of benzene rings is 2. The zero-order valence-electron chi connectivity index (χ0n) is 13.9. The molecule has 0 bridgehead atoms. The van der Waals surface area contributed by atoms with E-state index in [1.54, 1.807) is 6.07 Å². The second kappa shape index (κ2) is 7.95. The van der Waals surface area contributed by atoms with Crippen LogP contribution in [-0.4, -0.2) is 26.7 Å². The van der Waals surface area contributed by atoms with Gasteiger partial charge in [0.15, 0.2) is 5.75 Å². The minimum absolute atomic E-state index is 0.390. The van der Waals surface area contributed by atoms with Crippen LogP contribution in [0.3, 0.4) is 0 Å². The van der Waals surface area contributed by atoms with E-state index in [1.165, 1.54) is 0 Å². The summed E-state index contributed by atoms with van der Waals surface area (Å²) in [5.41, 5.74) is 2.06. The van der Waals surface area contributed by atoms with E-state index < -0.39 is 11.3 Å². The molecule has 1 aliphatic rings. The fourth-order valence-corrected chi connectivity index (χ4v) is 3.34. The van der Waals surface area contributed by atoms with E-state index in [0.717, 1.165) is 37.2 Å². The Morgan fingerprint density at radius 1 is 1.24 bits per heavy atom. The molecule has 1 aliphatic heterocycles. The van der Waals surface area contributed by atoms with Gasteiger partial charge in [-0.05, 0) is 49.6 Å². The Kier molecular flexibility index (Phi) is 5.67. The number of thiocarbonyl (C=S) groups is 1. The summed E-state index contributed by atoms with van der Waals surface area (Å²) in [6, 6.07) is 13.0. The lowest BCUT2D eigenvalue weighted by Crippen LogP contribution is -2.19. The number of nitrogens with zero attached hydrogens (tertiary/aromatic N) is 1. The third kappa shape index (κ3) is 4.36. The normalized spacial score (nSPS) is 15.0. The van der Waals surface area contributed by atoms with Gasteiger partial charge in [-0.1, -0.05) is 30.4 Å². The summed E-state index contributed by atoms with van der Waals surface area (Å²) in [5.74, 6) is 1.15. The number of rotatable bonds is 6. The first kappa shape index (κ1) is 17.8. The molecule has 1 saturated heterocycles. The standard InChI is InChI=1S/C18H20N2O3S2/c1-13(24)14-11-16(19-25(21)22)18(23-15-7-3-2-4-8-15)17(12-14)20-9-5-6-10-20/h2-4,7-8,11-12,19H,5-6,9-10H2,1H3,(H,21,22)/p-1. The topological polar surface area (TPSA) is 64.6 Å². The van der Waals surface area contributed by atoms with Gasteiger partial charge in [0, 0.05) is 29.2 Å². The highest BCUT2D eigenvalue weighted by atomic mass is 32.2. The number of para-hydroxylation sites is 1. The summed E-state index contributed by atoms with van der Waals surface area (Å²) in [7, 11) is 0. The fourth-order valence-electron chi connectivity index (χ4n) is 2.89. The van der Waals surface area contributed by atoms with Gasteiger partial charge in [0.2, 0.25) is 0 Å². The molecule has 0 aromatic heterocycles. The Hall–Kier alpha value is -1.96. The van der Waals surface area contributed by atoms with E-state index >= 15 is 0 Å². The minimum atomic E-state index is -2.46. The molecule has 25 heavy (non-hydrogen) atoms. The van der Waals surface area contributed by atoms with Gasteiger partial charge in [-0.25, -0.2) is 0 Å². The Balaban J connectivity index is 2.12. The smallest absolute Gasteiger partial charge is 0.174 e. The predicted octanol–water partition coefficient (Wildman–Crippen LogP) is 4.02. The summed E-state index contributed by atoms with van der Waals surface area (Å²) < 4.78 is 31.1. The van der Waals surface area contributed by atoms with Crippen LogP contribution >= 0.6 is 12.2 Å². The number of hydrogen-bond donors (Lipinski definition) is 1. The zero-order chi connectivity index (χ0) is 17.8. The predicted molar refractivity (Wildman–Crippen MR) is 104 cm³/mol. The third-order valence-electron chi connectivity index (χ3n) is 4.08. The molecule has 0 saturated carbocycles. The van der Waals surface area contributed by atoms with Crippen LogP contribution in [-0.2, 0) is 11.3 Å². The van der Waals surface area contributed by atoms with Crippen LogP contribution in [0.2, 0.25) is 0 Å². The molecular formula is C18H19N2O3S2-. The van der Waals surface area contributed by atoms with E-state index in [4.69, 9.17) is 17.0 Å². The van der Waals surface area contributed by atoms with Gasteiger partial charge in [-0.15, -0.1) is 0 Å². The van der Waals surface area contributed by atoms with Gasteiger partial charge < -0.3 is 18.9 Å². The molecule has 7 heteroatoms. The number of anilines is 2. The molecule has 0 amide bonds. The maximum Gasteiger partial charge on any atom is 0.174 e. The summed E-state index contributed by atoms with van der Waals surface area (Å²) in [4.78, 5) is 2.91. The van der Waals surface area contributed by atoms with E-state index in [-0.39, 0.29) is 0 Å². The maximum atomic E-state index is 11.3. The monoisotopic (exact) mass is 375 g/mol. The molecule has 0 aliphatic carbocycles. The average Bonchev–Trinajstić information content (AvgIpc) is 3.11. The molecule has 2 aromatic rings. The number of hydrogen-bond acceptors (Lipinski definition) is 5. The molecule has 1 unspecified atom stereocenters. The van der Waals surface area contributed by atoms with Crippen LogP contribution in [0.5, 0.6) is 11.5 Å². The van der Waals surface area contributed by atoms with Crippen LogP contribution in [0.25, 0.3) is 0 Å². The second-order valence-corrected chi connectivity index (χ2v) is 7.16. The fraction of sp³-hybridized carbons (Fsp3) is 0.278. The first-order valence-electron chi connectivity index (χ1n) is 8.07. The van der Waals surface area contributed by atoms with Crippen LogP contribution in [0.15, 0.2) is 42.5 Å². The Labute approximate surface area is 155 Å². The molecule has 5 nitrogen and oxygen atoms in total. The lowest BCUT2D eigenvalue weighted by molar-refractivity contribution is 0.484. The molecular weight excluding hydrogens is 356 g/mol. The van der Waals surface area contributed by atoms with Crippen molar-refractivity contribution < 1.29 is 13.5 Å². The van der Waals surface area contributed by atoms with Crippen molar-refractivity contribution in [3.05, 3.63) is 48.0 Å². The van der Waals surface area contributed by atoms with Gasteiger partial charge in [0.25, 0.3) is 0 Å². The first-order chi connectivity index (χ1) is 12.0. The molecule has 1 atom stereocenters. The van der Waals surface area contributed by atoms with Gasteiger partial charge >= 0.3 is 0 Å². The van der Waals surface area contributed by atoms with Crippen molar-refractivity contribution in [3.63, 3.8) is 0 Å². The molecule has 0 radical (unpaired) electrons. The first-order valence-corrected chi connectivity index (χ1v) is 9.55. The van der Waals surface area contributed by atoms with Gasteiger partial charge in [0.05, 0.1) is 11.4 Å². The lowest BCUT2D eigenvalue weighted by atomic mass is 10.1. The average molecular weight is 375 g/mol. The number of nitrogens with one attached hydrogen (secondary N) is 1. The van der Waals surface area contributed by atoms with Crippen LogP contribution < -0.4 is 14.4 Å². The molecule has 3 rings (SSSR count). The van der Waals surface area contributed by atoms with Gasteiger partial charge in [0.1, 0.15) is 5.75 Å². The van der Waals surface area contributed by atoms with Crippen LogP contribution in [0, 0.1) is 0 Å². The summed E-state index contributed by atoms with van der Waals surface area (Å²) in [5, 5.41) is 0. The SMILES string of the molecule is CC(=S)c1cc(NS(=O)[O-])c(Oc2ccccc2)c(N2CCCC2)c1. The van der Waals surface area contributed by atoms with E-state index in [2.05, 4.69) is 9.62 Å². The second-order valence-electron chi connectivity index (χ2n) is 5.87. The van der Waals surface area contributed by atoms with E-state index in [0.29, 0.717) is 22.1 Å². The highest BCUT2D eigenvalue weighted by Gasteiger charge is 2.22.